The fraction of sp³-hybridized carbons (Fsp3) is 0.421. The Kier molecular flexibility index (Phi) is 4.90. The number of ether oxygens (including phenoxy) is 1. The van der Waals surface area contributed by atoms with Crippen LogP contribution in [0.15, 0.2) is 30.3 Å². The molecule has 0 unspecified atom stereocenters. The van der Waals surface area contributed by atoms with E-state index in [0.717, 1.165) is 61.0 Å². The van der Waals surface area contributed by atoms with E-state index in [1.54, 1.807) is 7.11 Å². The van der Waals surface area contributed by atoms with Gasteiger partial charge in [0, 0.05) is 36.7 Å². The van der Waals surface area contributed by atoms with Crippen molar-refractivity contribution in [3.05, 3.63) is 47.3 Å². The number of methoxy groups -OCH3 is 1. The van der Waals surface area contributed by atoms with Crippen molar-refractivity contribution in [1.82, 2.24) is 14.8 Å². The summed E-state index contributed by atoms with van der Waals surface area (Å²) in [4.78, 5) is 14.9. The van der Waals surface area contributed by atoms with Crippen molar-refractivity contribution in [1.29, 1.82) is 0 Å². The number of carbonyl (C=O) groups excluding carboxylic acids is 1. The molecule has 5 heteroatoms. The standard InChI is InChI=1S/C19H25N3O2/c1-14-13-18(19(23)21-11-4-9-20-10-12-21)15(2)22(14)16-5-7-17(24-3)8-6-16/h5-8,13,20H,4,9-12H2,1-3H3. The summed E-state index contributed by atoms with van der Waals surface area (Å²) in [7, 11) is 1.66. The van der Waals surface area contributed by atoms with Crippen LogP contribution in [0, 0.1) is 13.8 Å². The van der Waals surface area contributed by atoms with Crippen molar-refractivity contribution in [2.24, 2.45) is 0 Å². The summed E-state index contributed by atoms with van der Waals surface area (Å²) >= 11 is 0. The second kappa shape index (κ2) is 7.09. The molecule has 5 nitrogen and oxygen atoms in total. The molecule has 0 aliphatic carbocycles. The third kappa shape index (κ3) is 3.17. The van der Waals surface area contributed by atoms with Gasteiger partial charge in [0.25, 0.3) is 5.91 Å². The average molecular weight is 327 g/mol. The van der Waals surface area contributed by atoms with Crippen molar-refractivity contribution in [2.45, 2.75) is 20.3 Å². The molecule has 2 aromatic rings. The van der Waals surface area contributed by atoms with E-state index in [1.165, 1.54) is 0 Å². The van der Waals surface area contributed by atoms with E-state index in [0.29, 0.717) is 0 Å². The van der Waals surface area contributed by atoms with Crippen LogP contribution < -0.4 is 10.1 Å². The van der Waals surface area contributed by atoms with Crippen LogP contribution in [0.5, 0.6) is 5.75 Å². The van der Waals surface area contributed by atoms with Crippen LogP contribution in [0.1, 0.15) is 28.2 Å². The van der Waals surface area contributed by atoms with Gasteiger partial charge in [-0.25, -0.2) is 0 Å². The van der Waals surface area contributed by atoms with Gasteiger partial charge in [-0.05, 0) is 57.1 Å². The number of rotatable bonds is 3. The fourth-order valence-corrected chi connectivity index (χ4v) is 3.33. The first-order valence-corrected chi connectivity index (χ1v) is 8.45. The molecule has 1 aliphatic rings. The number of nitrogens with one attached hydrogen (secondary N) is 1. The van der Waals surface area contributed by atoms with Gasteiger partial charge < -0.3 is 19.5 Å². The maximum Gasteiger partial charge on any atom is 0.255 e. The zero-order valence-corrected chi connectivity index (χ0v) is 14.6. The Hall–Kier alpha value is -2.27. The van der Waals surface area contributed by atoms with Gasteiger partial charge in [0.1, 0.15) is 5.75 Å². The van der Waals surface area contributed by atoms with Crippen LogP contribution in [0.3, 0.4) is 0 Å². The van der Waals surface area contributed by atoms with Crippen molar-refractivity contribution < 1.29 is 9.53 Å². The smallest absolute Gasteiger partial charge is 0.255 e. The molecule has 2 heterocycles. The molecule has 1 N–H and O–H groups in total. The van der Waals surface area contributed by atoms with Gasteiger partial charge in [0.2, 0.25) is 0 Å². The highest BCUT2D eigenvalue weighted by Gasteiger charge is 2.22. The molecule has 0 saturated carbocycles. The Balaban J connectivity index is 1.91. The first-order chi connectivity index (χ1) is 11.6. The molecule has 1 amide bonds. The summed E-state index contributed by atoms with van der Waals surface area (Å²) < 4.78 is 7.35. The van der Waals surface area contributed by atoms with Crippen LogP contribution in [-0.2, 0) is 0 Å². The minimum Gasteiger partial charge on any atom is -0.497 e. The third-order valence-electron chi connectivity index (χ3n) is 4.62. The molecular weight excluding hydrogens is 302 g/mol. The molecule has 0 bridgehead atoms. The number of amides is 1. The van der Waals surface area contributed by atoms with Gasteiger partial charge in [-0.1, -0.05) is 0 Å². The zero-order valence-electron chi connectivity index (χ0n) is 14.6. The highest BCUT2D eigenvalue weighted by atomic mass is 16.5. The lowest BCUT2D eigenvalue weighted by Gasteiger charge is -2.20. The second-order valence-corrected chi connectivity index (χ2v) is 6.21. The van der Waals surface area contributed by atoms with Gasteiger partial charge in [-0.2, -0.15) is 0 Å². The van der Waals surface area contributed by atoms with Gasteiger partial charge in [-0.3, -0.25) is 4.79 Å². The third-order valence-corrected chi connectivity index (χ3v) is 4.62. The second-order valence-electron chi connectivity index (χ2n) is 6.21. The number of aromatic nitrogens is 1. The summed E-state index contributed by atoms with van der Waals surface area (Å²) in [5.74, 6) is 0.959. The molecule has 1 saturated heterocycles. The Labute approximate surface area is 143 Å². The summed E-state index contributed by atoms with van der Waals surface area (Å²) in [6.45, 7) is 7.49. The van der Waals surface area contributed by atoms with E-state index in [4.69, 9.17) is 4.74 Å². The lowest BCUT2D eigenvalue weighted by molar-refractivity contribution is 0.0765. The monoisotopic (exact) mass is 327 g/mol. The van der Waals surface area contributed by atoms with E-state index in [-0.39, 0.29) is 5.91 Å². The molecule has 1 aromatic heterocycles. The maximum absolute atomic E-state index is 12.9. The SMILES string of the molecule is COc1ccc(-n2c(C)cc(C(=O)N3CCCNCC3)c2C)cc1. The van der Waals surface area contributed by atoms with Crippen molar-refractivity contribution in [3.63, 3.8) is 0 Å². The quantitative estimate of drug-likeness (QED) is 0.942. The predicted octanol–water partition coefficient (Wildman–Crippen LogP) is 2.54. The Morgan fingerprint density at radius 2 is 1.88 bits per heavy atom. The van der Waals surface area contributed by atoms with Crippen LogP contribution in [0.4, 0.5) is 0 Å². The number of hydrogen-bond donors (Lipinski definition) is 1. The van der Waals surface area contributed by atoms with E-state index < -0.39 is 0 Å². The Bertz CT molecular complexity index is 711. The van der Waals surface area contributed by atoms with Crippen molar-refractivity contribution in [2.75, 3.05) is 33.3 Å². The highest BCUT2D eigenvalue weighted by molar-refractivity contribution is 5.96. The molecule has 3 rings (SSSR count). The van der Waals surface area contributed by atoms with E-state index in [9.17, 15) is 4.79 Å². The highest BCUT2D eigenvalue weighted by Crippen LogP contribution is 2.24. The van der Waals surface area contributed by atoms with E-state index in [2.05, 4.69) is 9.88 Å². The summed E-state index contributed by atoms with van der Waals surface area (Å²) in [6.07, 6.45) is 1.00. The van der Waals surface area contributed by atoms with Gasteiger partial charge >= 0.3 is 0 Å². The number of benzene rings is 1. The molecule has 1 aliphatic heterocycles. The van der Waals surface area contributed by atoms with E-state index >= 15 is 0 Å². The van der Waals surface area contributed by atoms with Crippen LogP contribution >= 0.6 is 0 Å². The summed E-state index contributed by atoms with van der Waals surface area (Å²) in [6, 6.07) is 9.92. The summed E-state index contributed by atoms with van der Waals surface area (Å²) in [5, 5.41) is 3.34. The Morgan fingerprint density at radius 3 is 2.58 bits per heavy atom. The number of aryl methyl sites for hydroxylation is 1. The molecule has 24 heavy (non-hydrogen) atoms. The molecule has 1 aromatic carbocycles. The topological polar surface area (TPSA) is 46.5 Å². The molecule has 0 spiro atoms. The summed E-state index contributed by atoms with van der Waals surface area (Å²) in [5.41, 5.74) is 3.89. The average Bonchev–Trinajstić information content (AvgIpc) is 2.79. The van der Waals surface area contributed by atoms with Gasteiger partial charge in [0.15, 0.2) is 0 Å². The largest absolute Gasteiger partial charge is 0.497 e. The van der Waals surface area contributed by atoms with Crippen molar-refractivity contribution >= 4 is 5.91 Å². The number of hydrogen-bond acceptors (Lipinski definition) is 3. The normalized spacial score (nSPS) is 15.2. The molecule has 128 valence electrons. The van der Waals surface area contributed by atoms with Gasteiger partial charge in [0.05, 0.1) is 12.7 Å². The Morgan fingerprint density at radius 1 is 1.12 bits per heavy atom. The van der Waals surface area contributed by atoms with Crippen LogP contribution in [0.25, 0.3) is 5.69 Å². The first kappa shape index (κ1) is 16.6. The lowest BCUT2D eigenvalue weighted by atomic mass is 10.2. The maximum atomic E-state index is 12.9. The number of nitrogens with zero attached hydrogens (tertiary/aromatic N) is 2. The van der Waals surface area contributed by atoms with Crippen molar-refractivity contribution in [3.8, 4) is 11.4 Å². The van der Waals surface area contributed by atoms with Crippen LogP contribution in [0.2, 0.25) is 0 Å². The minimum absolute atomic E-state index is 0.131. The lowest BCUT2D eigenvalue weighted by Crippen LogP contribution is -2.34. The molecular formula is C19H25N3O2. The zero-order chi connectivity index (χ0) is 17.1. The first-order valence-electron chi connectivity index (χ1n) is 8.45. The molecule has 1 fully saturated rings. The van der Waals surface area contributed by atoms with E-state index in [1.807, 2.05) is 49.1 Å². The van der Waals surface area contributed by atoms with Gasteiger partial charge in [-0.15, -0.1) is 0 Å². The number of carbonyl (C=O) groups is 1. The fourth-order valence-electron chi connectivity index (χ4n) is 3.33. The molecule has 0 radical (unpaired) electrons. The van der Waals surface area contributed by atoms with Crippen LogP contribution in [-0.4, -0.2) is 48.7 Å². The molecule has 0 atom stereocenters. The minimum atomic E-state index is 0.131. The predicted molar refractivity (Wildman–Crippen MR) is 95.2 cm³/mol.